The Balaban J connectivity index is 1.87. The first-order valence-electron chi connectivity index (χ1n) is 6.34. The zero-order chi connectivity index (χ0) is 14.8. The van der Waals surface area contributed by atoms with Gasteiger partial charge in [0.15, 0.2) is 0 Å². The van der Waals surface area contributed by atoms with E-state index < -0.39 is 11.6 Å². The summed E-state index contributed by atoms with van der Waals surface area (Å²) in [6.45, 7) is 0.331. The highest BCUT2D eigenvalue weighted by molar-refractivity contribution is 14.1. The summed E-state index contributed by atoms with van der Waals surface area (Å²) in [5.41, 5.74) is 2.62. The van der Waals surface area contributed by atoms with Gasteiger partial charge < -0.3 is 0 Å². The molecule has 0 saturated heterocycles. The molecule has 106 valence electrons. The maximum Gasteiger partial charge on any atom is 0.126 e. The van der Waals surface area contributed by atoms with Crippen LogP contribution in [0.1, 0.15) is 5.56 Å². The molecule has 0 spiro atoms. The highest BCUT2D eigenvalue weighted by Crippen LogP contribution is 2.24. The molecule has 1 heterocycles. The van der Waals surface area contributed by atoms with Gasteiger partial charge in [-0.15, -0.1) is 0 Å². The molecule has 21 heavy (non-hydrogen) atoms. The maximum atomic E-state index is 13.2. The summed E-state index contributed by atoms with van der Waals surface area (Å²) >= 11 is 2.27. The number of halogens is 3. The molecular weight excluding hydrogens is 385 g/mol. The fraction of sp³-hybridized carbons (Fsp3) is 0.0625. The molecule has 2 aromatic carbocycles. The van der Waals surface area contributed by atoms with E-state index in [0.29, 0.717) is 12.1 Å². The van der Waals surface area contributed by atoms with Crippen LogP contribution in [0.2, 0.25) is 0 Å². The fourth-order valence-electron chi connectivity index (χ4n) is 2.17. The van der Waals surface area contributed by atoms with Gasteiger partial charge in [-0.3, -0.25) is 4.68 Å². The zero-order valence-corrected chi connectivity index (χ0v) is 13.1. The lowest BCUT2D eigenvalue weighted by atomic mass is 10.1. The quantitative estimate of drug-likeness (QED) is 0.597. The van der Waals surface area contributed by atoms with Crippen molar-refractivity contribution >= 4 is 22.6 Å². The molecule has 0 bridgehead atoms. The third kappa shape index (κ3) is 3.29. The number of benzene rings is 2. The van der Waals surface area contributed by atoms with Crippen molar-refractivity contribution in [1.82, 2.24) is 9.78 Å². The standard InChI is InChI=1S/C16H11F2IN2/c17-13-5-11(6-14(18)7-13)9-21-10-12(8-20-21)15-3-1-2-4-16(15)19/h1-8,10H,9H2. The number of hydrogen-bond acceptors (Lipinski definition) is 1. The molecule has 0 aliphatic carbocycles. The molecular formula is C16H11F2IN2. The van der Waals surface area contributed by atoms with Gasteiger partial charge in [0.05, 0.1) is 12.7 Å². The van der Waals surface area contributed by atoms with E-state index in [1.54, 1.807) is 10.9 Å². The van der Waals surface area contributed by atoms with Crippen LogP contribution >= 0.6 is 22.6 Å². The third-order valence-corrected chi connectivity index (χ3v) is 4.03. The molecule has 1 aromatic heterocycles. The summed E-state index contributed by atoms with van der Waals surface area (Å²) in [5.74, 6) is -1.15. The first-order chi connectivity index (χ1) is 10.1. The van der Waals surface area contributed by atoms with Crippen molar-refractivity contribution in [2.75, 3.05) is 0 Å². The van der Waals surface area contributed by atoms with E-state index in [1.165, 1.54) is 12.1 Å². The fourth-order valence-corrected chi connectivity index (χ4v) is 2.87. The van der Waals surface area contributed by atoms with Gasteiger partial charge in [-0.2, -0.15) is 5.10 Å². The molecule has 0 unspecified atom stereocenters. The number of nitrogens with zero attached hydrogens (tertiary/aromatic N) is 2. The van der Waals surface area contributed by atoms with Crippen LogP contribution < -0.4 is 0 Å². The van der Waals surface area contributed by atoms with Crippen LogP contribution in [0.5, 0.6) is 0 Å². The Bertz CT molecular complexity index is 763. The Kier molecular flexibility index (Phi) is 4.01. The van der Waals surface area contributed by atoms with Gasteiger partial charge in [-0.25, -0.2) is 8.78 Å². The Morgan fingerprint density at radius 2 is 1.76 bits per heavy atom. The van der Waals surface area contributed by atoms with Crippen molar-refractivity contribution in [3.05, 3.63) is 75.6 Å². The summed E-state index contributed by atoms with van der Waals surface area (Å²) in [7, 11) is 0. The van der Waals surface area contributed by atoms with Crippen LogP contribution in [0.4, 0.5) is 8.78 Å². The average Bonchev–Trinajstić information content (AvgIpc) is 2.86. The van der Waals surface area contributed by atoms with E-state index in [2.05, 4.69) is 27.7 Å². The number of hydrogen-bond donors (Lipinski definition) is 0. The lowest BCUT2D eigenvalue weighted by Gasteiger charge is -2.03. The molecule has 0 aliphatic rings. The summed E-state index contributed by atoms with van der Waals surface area (Å²) in [5, 5.41) is 4.26. The predicted molar refractivity (Wildman–Crippen MR) is 85.8 cm³/mol. The van der Waals surface area contributed by atoms with Gasteiger partial charge in [0.25, 0.3) is 0 Å². The molecule has 0 saturated carbocycles. The molecule has 2 nitrogen and oxygen atoms in total. The van der Waals surface area contributed by atoms with Crippen LogP contribution in [0.3, 0.4) is 0 Å². The second kappa shape index (κ2) is 5.93. The molecule has 0 atom stereocenters. The monoisotopic (exact) mass is 396 g/mol. The van der Waals surface area contributed by atoms with Crippen molar-refractivity contribution in [3.8, 4) is 11.1 Å². The molecule has 0 amide bonds. The largest absolute Gasteiger partial charge is 0.268 e. The zero-order valence-electron chi connectivity index (χ0n) is 10.9. The van der Waals surface area contributed by atoms with Crippen LogP contribution in [0.25, 0.3) is 11.1 Å². The van der Waals surface area contributed by atoms with E-state index in [1.807, 2.05) is 30.5 Å². The van der Waals surface area contributed by atoms with Crippen LogP contribution in [-0.4, -0.2) is 9.78 Å². The number of rotatable bonds is 3. The molecule has 0 N–H and O–H groups in total. The van der Waals surface area contributed by atoms with E-state index in [4.69, 9.17) is 0 Å². The predicted octanol–water partition coefficient (Wildman–Crippen LogP) is 4.48. The van der Waals surface area contributed by atoms with Crippen molar-refractivity contribution in [3.63, 3.8) is 0 Å². The van der Waals surface area contributed by atoms with Crippen LogP contribution in [0.15, 0.2) is 54.9 Å². The molecule has 3 aromatic rings. The Morgan fingerprint density at radius 1 is 1.05 bits per heavy atom. The van der Waals surface area contributed by atoms with Gasteiger partial charge in [0.1, 0.15) is 11.6 Å². The van der Waals surface area contributed by atoms with Crippen molar-refractivity contribution in [2.45, 2.75) is 6.54 Å². The minimum Gasteiger partial charge on any atom is -0.268 e. The first kappa shape index (κ1) is 14.2. The van der Waals surface area contributed by atoms with Crippen LogP contribution in [-0.2, 0) is 6.54 Å². The van der Waals surface area contributed by atoms with Gasteiger partial charge >= 0.3 is 0 Å². The Hall–Kier alpha value is -1.76. The maximum absolute atomic E-state index is 13.2. The Morgan fingerprint density at radius 3 is 2.48 bits per heavy atom. The summed E-state index contributed by atoms with van der Waals surface area (Å²) in [6, 6.07) is 11.5. The van der Waals surface area contributed by atoms with E-state index >= 15 is 0 Å². The van der Waals surface area contributed by atoms with Gasteiger partial charge in [-0.1, -0.05) is 18.2 Å². The highest BCUT2D eigenvalue weighted by Gasteiger charge is 2.07. The first-order valence-corrected chi connectivity index (χ1v) is 7.42. The highest BCUT2D eigenvalue weighted by atomic mass is 127. The van der Waals surface area contributed by atoms with E-state index in [9.17, 15) is 8.78 Å². The van der Waals surface area contributed by atoms with E-state index in [-0.39, 0.29) is 0 Å². The summed E-state index contributed by atoms with van der Waals surface area (Å²) in [4.78, 5) is 0. The van der Waals surface area contributed by atoms with Crippen LogP contribution in [0, 0.1) is 15.2 Å². The van der Waals surface area contributed by atoms with Gasteiger partial charge in [0.2, 0.25) is 0 Å². The normalized spacial score (nSPS) is 10.8. The molecule has 3 rings (SSSR count). The van der Waals surface area contributed by atoms with E-state index in [0.717, 1.165) is 20.8 Å². The van der Waals surface area contributed by atoms with Gasteiger partial charge in [0, 0.05) is 21.4 Å². The lowest BCUT2D eigenvalue weighted by Crippen LogP contribution is -2.00. The summed E-state index contributed by atoms with van der Waals surface area (Å²) < 4.78 is 29.2. The van der Waals surface area contributed by atoms with Crippen molar-refractivity contribution in [2.24, 2.45) is 0 Å². The molecule has 5 heteroatoms. The second-order valence-electron chi connectivity index (χ2n) is 4.68. The average molecular weight is 396 g/mol. The number of aromatic nitrogens is 2. The van der Waals surface area contributed by atoms with Crippen molar-refractivity contribution < 1.29 is 8.78 Å². The minimum atomic E-state index is -0.574. The molecule has 0 radical (unpaired) electrons. The molecule has 0 aliphatic heterocycles. The minimum absolute atomic E-state index is 0.331. The lowest BCUT2D eigenvalue weighted by molar-refractivity contribution is 0.574. The van der Waals surface area contributed by atoms with Gasteiger partial charge in [-0.05, 0) is 51.9 Å². The SMILES string of the molecule is Fc1cc(F)cc(Cn2cc(-c3ccccc3I)cn2)c1. The smallest absolute Gasteiger partial charge is 0.126 e. The molecule has 0 fully saturated rings. The second-order valence-corrected chi connectivity index (χ2v) is 5.85. The van der Waals surface area contributed by atoms with Crippen molar-refractivity contribution in [1.29, 1.82) is 0 Å². The topological polar surface area (TPSA) is 17.8 Å². The third-order valence-electron chi connectivity index (χ3n) is 3.09. The Labute approximate surface area is 134 Å². The summed E-state index contributed by atoms with van der Waals surface area (Å²) in [6.07, 6.45) is 3.63.